The number of anilines is 1. The van der Waals surface area contributed by atoms with Crippen LogP contribution in [0.3, 0.4) is 0 Å². The number of aromatic nitrogens is 2. The van der Waals surface area contributed by atoms with E-state index in [0.29, 0.717) is 18.7 Å². The van der Waals surface area contributed by atoms with Crippen molar-refractivity contribution in [1.82, 2.24) is 9.97 Å². The predicted octanol–water partition coefficient (Wildman–Crippen LogP) is 4.16. The maximum Gasteiger partial charge on any atom is 0.433 e. The number of carbonyl (C=O) groups excluding carboxylic acids is 1. The molecule has 1 aromatic carbocycles. The van der Waals surface area contributed by atoms with Gasteiger partial charge in [0, 0.05) is 30.4 Å². The molecule has 0 radical (unpaired) electrons. The Morgan fingerprint density at radius 2 is 2.08 bits per heavy atom. The number of halogens is 3. The number of H-pyrrole nitrogens is 1. The van der Waals surface area contributed by atoms with Gasteiger partial charge < -0.3 is 15.0 Å². The Kier molecular flexibility index (Phi) is 4.83. The van der Waals surface area contributed by atoms with Gasteiger partial charge in [-0.2, -0.15) is 13.2 Å². The first-order valence-corrected chi connectivity index (χ1v) is 7.86. The van der Waals surface area contributed by atoms with Crippen molar-refractivity contribution in [3.63, 3.8) is 0 Å². The van der Waals surface area contributed by atoms with Gasteiger partial charge in [-0.1, -0.05) is 6.07 Å². The van der Waals surface area contributed by atoms with Gasteiger partial charge in [-0.3, -0.25) is 4.79 Å². The van der Waals surface area contributed by atoms with Crippen LogP contribution in [0.2, 0.25) is 0 Å². The highest BCUT2D eigenvalue weighted by molar-refractivity contribution is 6.01. The largest absolute Gasteiger partial charge is 0.492 e. The number of rotatable bonds is 5. The number of carbonyl (C=O) groups is 1. The van der Waals surface area contributed by atoms with E-state index in [1.165, 1.54) is 13.0 Å². The Labute approximate surface area is 147 Å². The van der Waals surface area contributed by atoms with Crippen LogP contribution in [0.5, 0.6) is 5.75 Å². The fourth-order valence-electron chi connectivity index (χ4n) is 2.54. The Balaban J connectivity index is 1.63. The standard InChI is InChI=1S/C18H16F3N3O2/c1-11(25)24-16-10-22-15-4-2-12(8-14(15)16)6-7-26-13-3-5-17(23-9-13)18(19,20)21/h2-5,8-10,22H,6-7H2,1H3,(H,24,25). The summed E-state index contributed by atoms with van der Waals surface area (Å²) in [6, 6.07) is 7.90. The lowest BCUT2D eigenvalue weighted by atomic mass is 10.1. The molecule has 0 bridgehead atoms. The van der Waals surface area contributed by atoms with E-state index in [1.54, 1.807) is 6.20 Å². The number of pyridine rings is 1. The van der Waals surface area contributed by atoms with Gasteiger partial charge >= 0.3 is 6.18 Å². The van der Waals surface area contributed by atoms with Crippen molar-refractivity contribution in [2.75, 3.05) is 11.9 Å². The molecule has 2 heterocycles. The van der Waals surface area contributed by atoms with E-state index in [9.17, 15) is 18.0 Å². The van der Waals surface area contributed by atoms with Gasteiger partial charge in [-0.05, 0) is 29.8 Å². The number of aromatic amines is 1. The summed E-state index contributed by atoms with van der Waals surface area (Å²) in [6.07, 6.45) is -1.12. The molecule has 0 fully saturated rings. The van der Waals surface area contributed by atoms with Crippen LogP contribution in [0.4, 0.5) is 18.9 Å². The summed E-state index contributed by atoms with van der Waals surface area (Å²) < 4.78 is 42.9. The third-order valence-electron chi connectivity index (χ3n) is 3.74. The molecule has 0 spiro atoms. The Hall–Kier alpha value is -3.03. The van der Waals surface area contributed by atoms with Crippen molar-refractivity contribution >= 4 is 22.5 Å². The number of ether oxygens (including phenoxy) is 1. The minimum Gasteiger partial charge on any atom is -0.492 e. The summed E-state index contributed by atoms with van der Waals surface area (Å²) in [7, 11) is 0. The molecular weight excluding hydrogens is 347 g/mol. The lowest BCUT2D eigenvalue weighted by Crippen LogP contribution is -2.08. The monoisotopic (exact) mass is 363 g/mol. The molecule has 136 valence electrons. The number of fused-ring (bicyclic) bond motifs is 1. The molecule has 0 aliphatic heterocycles. The number of alkyl halides is 3. The highest BCUT2D eigenvalue weighted by Crippen LogP contribution is 2.28. The number of amides is 1. The van der Waals surface area contributed by atoms with Gasteiger partial charge in [0.1, 0.15) is 11.4 Å². The van der Waals surface area contributed by atoms with Crippen molar-refractivity contribution in [3.05, 3.63) is 54.0 Å². The molecule has 3 rings (SSSR count). The third-order valence-corrected chi connectivity index (χ3v) is 3.74. The molecule has 0 aliphatic rings. The molecule has 8 heteroatoms. The fraction of sp³-hybridized carbons (Fsp3) is 0.222. The number of hydrogen-bond donors (Lipinski definition) is 2. The van der Waals surface area contributed by atoms with Crippen molar-refractivity contribution in [3.8, 4) is 5.75 Å². The van der Waals surface area contributed by atoms with Crippen LogP contribution < -0.4 is 10.1 Å². The second-order valence-electron chi connectivity index (χ2n) is 5.74. The second kappa shape index (κ2) is 7.07. The quantitative estimate of drug-likeness (QED) is 0.715. The van der Waals surface area contributed by atoms with E-state index < -0.39 is 11.9 Å². The molecule has 1 amide bonds. The molecule has 2 N–H and O–H groups in total. The minimum atomic E-state index is -4.46. The van der Waals surface area contributed by atoms with E-state index >= 15 is 0 Å². The first kappa shape index (κ1) is 17.8. The van der Waals surface area contributed by atoms with Gasteiger partial charge in [-0.15, -0.1) is 0 Å². The Morgan fingerprint density at radius 1 is 1.27 bits per heavy atom. The smallest absolute Gasteiger partial charge is 0.433 e. The molecule has 0 aliphatic carbocycles. The number of benzene rings is 1. The van der Waals surface area contributed by atoms with Crippen molar-refractivity contribution in [2.24, 2.45) is 0 Å². The molecule has 3 aromatic rings. The zero-order chi connectivity index (χ0) is 18.7. The maximum absolute atomic E-state index is 12.5. The minimum absolute atomic E-state index is 0.158. The summed E-state index contributed by atoms with van der Waals surface area (Å²) >= 11 is 0. The van der Waals surface area contributed by atoms with Gasteiger partial charge in [0.15, 0.2) is 0 Å². The highest BCUT2D eigenvalue weighted by Gasteiger charge is 2.32. The average Bonchev–Trinajstić information content (AvgIpc) is 2.96. The fourth-order valence-corrected chi connectivity index (χ4v) is 2.54. The Bertz CT molecular complexity index is 918. The molecule has 0 atom stereocenters. The lowest BCUT2D eigenvalue weighted by molar-refractivity contribution is -0.141. The van der Waals surface area contributed by atoms with Crippen molar-refractivity contribution in [1.29, 1.82) is 0 Å². The van der Waals surface area contributed by atoms with E-state index in [4.69, 9.17) is 4.74 Å². The van der Waals surface area contributed by atoms with E-state index in [-0.39, 0.29) is 11.7 Å². The van der Waals surface area contributed by atoms with Crippen LogP contribution in [0.15, 0.2) is 42.7 Å². The summed E-state index contributed by atoms with van der Waals surface area (Å²) in [5.74, 6) is 0.120. The number of nitrogens with one attached hydrogen (secondary N) is 2. The molecule has 5 nitrogen and oxygen atoms in total. The van der Waals surface area contributed by atoms with Crippen molar-refractivity contribution < 1.29 is 22.7 Å². The molecule has 26 heavy (non-hydrogen) atoms. The van der Waals surface area contributed by atoms with Gasteiger partial charge in [0.05, 0.1) is 18.5 Å². The van der Waals surface area contributed by atoms with Crippen LogP contribution in [-0.4, -0.2) is 22.5 Å². The van der Waals surface area contributed by atoms with E-state index in [0.717, 1.165) is 28.7 Å². The average molecular weight is 363 g/mol. The molecular formula is C18H16F3N3O2. The summed E-state index contributed by atoms with van der Waals surface area (Å²) in [4.78, 5) is 17.7. The van der Waals surface area contributed by atoms with Gasteiger partial charge in [0.25, 0.3) is 0 Å². The Morgan fingerprint density at radius 3 is 2.73 bits per heavy atom. The van der Waals surface area contributed by atoms with Crippen LogP contribution in [0, 0.1) is 0 Å². The first-order valence-electron chi connectivity index (χ1n) is 7.86. The summed E-state index contributed by atoms with van der Waals surface area (Å²) in [6.45, 7) is 1.73. The number of nitrogens with zero attached hydrogens (tertiary/aromatic N) is 1. The summed E-state index contributed by atoms with van der Waals surface area (Å²) in [5, 5.41) is 3.64. The zero-order valence-electron chi connectivity index (χ0n) is 13.9. The SMILES string of the molecule is CC(=O)Nc1c[nH]c2ccc(CCOc3ccc(C(F)(F)F)nc3)cc12. The molecule has 0 saturated heterocycles. The predicted molar refractivity (Wildman–Crippen MR) is 91.0 cm³/mol. The van der Waals surface area contributed by atoms with Crippen molar-refractivity contribution in [2.45, 2.75) is 19.5 Å². The van der Waals surface area contributed by atoms with Crippen LogP contribution in [0.1, 0.15) is 18.2 Å². The lowest BCUT2D eigenvalue weighted by Gasteiger charge is -2.09. The van der Waals surface area contributed by atoms with E-state index in [1.807, 2.05) is 18.2 Å². The molecule has 0 unspecified atom stereocenters. The highest BCUT2D eigenvalue weighted by atomic mass is 19.4. The first-order chi connectivity index (χ1) is 12.3. The molecule has 2 aromatic heterocycles. The van der Waals surface area contributed by atoms with E-state index in [2.05, 4.69) is 15.3 Å². The topological polar surface area (TPSA) is 67.0 Å². The summed E-state index contributed by atoms with van der Waals surface area (Å²) in [5.41, 5.74) is 1.62. The van der Waals surface area contributed by atoms with Crippen LogP contribution >= 0.6 is 0 Å². The van der Waals surface area contributed by atoms with Gasteiger partial charge in [-0.25, -0.2) is 4.98 Å². The zero-order valence-corrected chi connectivity index (χ0v) is 13.9. The van der Waals surface area contributed by atoms with Crippen LogP contribution in [-0.2, 0) is 17.4 Å². The van der Waals surface area contributed by atoms with Crippen LogP contribution in [0.25, 0.3) is 10.9 Å². The normalized spacial score (nSPS) is 11.5. The third kappa shape index (κ3) is 4.14. The van der Waals surface area contributed by atoms with Gasteiger partial charge in [0.2, 0.25) is 5.91 Å². The maximum atomic E-state index is 12.5. The molecule has 0 saturated carbocycles. The number of hydrogen-bond acceptors (Lipinski definition) is 3. The second-order valence-corrected chi connectivity index (χ2v) is 5.74.